The Labute approximate surface area is 132 Å². The van der Waals surface area contributed by atoms with Crippen LogP contribution in [-0.4, -0.2) is 4.98 Å². The Balaban J connectivity index is 1.68. The number of nitrogens with zero attached hydrogens (tertiary/aromatic N) is 1. The minimum absolute atomic E-state index is 0.279. The maximum atomic E-state index is 11.3. The molecule has 23 heavy (non-hydrogen) atoms. The number of aromatic nitrogens is 1. The minimum atomic E-state index is -0.279. The van der Waals surface area contributed by atoms with Gasteiger partial charge in [0.05, 0.1) is 0 Å². The van der Waals surface area contributed by atoms with Crippen LogP contribution in [-0.2, 0) is 6.61 Å². The summed E-state index contributed by atoms with van der Waals surface area (Å²) in [6.45, 7) is 0.473. The van der Waals surface area contributed by atoms with Gasteiger partial charge >= 0.3 is 0 Å². The molecular weight excluding hydrogens is 290 g/mol. The lowest BCUT2D eigenvalue weighted by molar-refractivity contribution is 0.306. The van der Waals surface area contributed by atoms with E-state index in [1.807, 2.05) is 42.5 Å². The van der Waals surface area contributed by atoms with E-state index in [1.165, 1.54) is 6.07 Å². The molecule has 1 heterocycles. The first-order chi connectivity index (χ1) is 11.3. The first kappa shape index (κ1) is 13.4. The fraction of sp³-hybridized carbons (Fsp3) is 0.0526. The fourth-order valence-electron chi connectivity index (χ4n) is 2.30. The van der Waals surface area contributed by atoms with Gasteiger partial charge in [0.25, 0.3) is 0 Å². The molecule has 0 aromatic heterocycles. The van der Waals surface area contributed by atoms with Crippen molar-refractivity contribution in [1.82, 2.24) is 4.98 Å². The van der Waals surface area contributed by atoms with Gasteiger partial charge in [-0.1, -0.05) is 30.3 Å². The van der Waals surface area contributed by atoms with E-state index in [0.29, 0.717) is 34.9 Å². The number of benzene rings is 2. The van der Waals surface area contributed by atoms with Crippen LogP contribution in [0, 0.1) is 12.1 Å². The molecule has 0 radical (unpaired) electrons. The Morgan fingerprint density at radius 3 is 2.78 bits per heavy atom. The summed E-state index contributed by atoms with van der Waals surface area (Å²) in [4.78, 5) is 15.7. The van der Waals surface area contributed by atoms with Crippen LogP contribution in [0.1, 0.15) is 5.56 Å². The van der Waals surface area contributed by atoms with Gasteiger partial charge in [0.2, 0.25) is 5.43 Å². The highest BCUT2D eigenvalue weighted by Gasteiger charge is 2.09. The van der Waals surface area contributed by atoms with Gasteiger partial charge in [-0.25, -0.2) is 4.98 Å². The van der Waals surface area contributed by atoms with Crippen LogP contribution in [0.4, 0.5) is 0 Å². The quantitative estimate of drug-likeness (QED) is 0.581. The molecule has 4 nitrogen and oxygen atoms in total. The van der Waals surface area contributed by atoms with Crippen molar-refractivity contribution >= 4 is 11.1 Å². The number of hydrogen-bond donors (Lipinski definition) is 0. The standard InChI is InChI=1S/C19H11NO3/c21-14-6-8-16-18(10-14)23-19-11-15(7-9-17(19)20-16)22-12-13-4-2-1-3-5-13/h1-5,7,9-11H,12H2. The second-order valence-electron chi connectivity index (χ2n) is 5.09. The maximum Gasteiger partial charge on any atom is 0.232 e. The van der Waals surface area contributed by atoms with Crippen molar-refractivity contribution in [1.29, 1.82) is 0 Å². The number of hydrogen-bond acceptors (Lipinski definition) is 4. The summed E-state index contributed by atoms with van der Waals surface area (Å²) in [5.74, 6) is 1.07. The molecule has 4 heteroatoms. The zero-order chi connectivity index (χ0) is 15.6. The lowest BCUT2D eigenvalue weighted by atomic mass is 10.2. The number of rotatable bonds is 3. The lowest BCUT2D eigenvalue weighted by Gasteiger charge is -2.08. The maximum absolute atomic E-state index is 11.3. The number of ether oxygens (including phenoxy) is 1. The van der Waals surface area contributed by atoms with Gasteiger partial charge in [0.1, 0.15) is 17.9 Å². The average Bonchev–Trinajstić information content (AvgIpc) is 2.59. The van der Waals surface area contributed by atoms with Gasteiger partial charge in [-0.2, -0.15) is 0 Å². The van der Waals surface area contributed by atoms with E-state index >= 15 is 0 Å². The summed E-state index contributed by atoms with van der Waals surface area (Å²) < 4.78 is 11.5. The van der Waals surface area contributed by atoms with Gasteiger partial charge in [0, 0.05) is 12.1 Å². The third-order valence-electron chi connectivity index (χ3n) is 3.43. The Hall–Kier alpha value is -3.32. The Kier molecular flexibility index (Phi) is 3.17. The second kappa shape index (κ2) is 5.47. The molecule has 0 spiro atoms. The van der Waals surface area contributed by atoms with Gasteiger partial charge < -0.3 is 9.15 Å². The molecule has 0 amide bonds. The third-order valence-corrected chi connectivity index (χ3v) is 3.43. The van der Waals surface area contributed by atoms with Crippen molar-refractivity contribution < 1.29 is 9.15 Å². The van der Waals surface area contributed by atoms with Crippen molar-refractivity contribution in [3.8, 4) is 17.2 Å². The van der Waals surface area contributed by atoms with Crippen molar-refractivity contribution in [2.24, 2.45) is 0 Å². The molecule has 0 unspecified atom stereocenters. The normalized spacial score (nSPS) is 10.6. The highest BCUT2D eigenvalue weighted by molar-refractivity contribution is 5.77. The molecule has 2 aromatic rings. The Morgan fingerprint density at radius 1 is 1.04 bits per heavy atom. The summed E-state index contributed by atoms with van der Waals surface area (Å²) in [5, 5.41) is 0. The first-order valence-corrected chi connectivity index (χ1v) is 7.13. The Bertz CT molecular complexity index is 992. The van der Waals surface area contributed by atoms with E-state index in [9.17, 15) is 4.79 Å². The molecule has 2 aromatic carbocycles. The molecular formula is C19H11NO3. The summed E-state index contributed by atoms with van der Waals surface area (Å²) in [6.07, 6.45) is 0. The summed E-state index contributed by atoms with van der Waals surface area (Å²) in [5.41, 5.74) is 2.52. The van der Waals surface area contributed by atoms with Crippen LogP contribution in [0.15, 0.2) is 63.8 Å². The summed E-state index contributed by atoms with van der Waals surface area (Å²) in [6, 6.07) is 21.9. The van der Waals surface area contributed by atoms with Crippen LogP contribution in [0.3, 0.4) is 0 Å². The van der Waals surface area contributed by atoms with Crippen LogP contribution in [0.5, 0.6) is 5.75 Å². The predicted octanol–water partition coefficient (Wildman–Crippen LogP) is 3.47. The second-order valence-corrected chi connectivity index (χ2v) is 5.09. The molecule has 0 saturated heterocycles. The topological polar surface area (TPSA) is 52.3 Å². The molecule has 4 rings (SSSR count). The van der Waals surface area contributed by atoms with E-state index in [1.54, 1.807) is 6.07 Å². The highest BCUT2D eigenvalue weighted by atomic mass is 16.5. The average molecular weight is 301 g/mol. The molecule has 2 aliphatic rings. The fourth-order valence-corrected chi connectivity index (χ4v) is 2.30. The van der Waals surface area contributed by atoms with Crippen LogP contribution in [0.25, 0.3) is 22.6 Å². The van der Waals surface area contributed by atoms with Gasteiger partial charge in [-0.05, 0) is 29.8 Å². The van der Waals surface area contributed by atoms with Crippen molar-refractivity contribution in [2.45, 2.75) is 6.61 Å². The monoisotopic (exact) mass is 301 g/mol. The van der Waals surface area contributed by atoms with E-state index in [-0.39, 0.29) is 5.43 Å². The highest BCUT2D eigenvalue weighted by Crippen LogP contribution is 2.25. The zero-order valence-electron chi connectivity index (χ0n) is 12.1. The molecule has 0 fully saturated rings. The molecule has 0 saturated carbocycles. The van der Waals surface area contributed by atoms with Crippen molar-refractivity contribution in [3.63, 3.8) is 0 Å². The molecule has 0 bridgehead atoms. The minimum Gasteiger partial charge on any atom is -0.489 e. The largest absolute Gasteiger partial charge is 0.489 e. The van der Waals surface area contributed by atoms with Crippen molar-refractivity contribution in [2.75, 3.05) is 0 Å². The van der Waals surface area contributed by atoms with Gasteiger partial charge in [-0.15, -0.1) is 0 Å². The lowest BCUT2D eigenvalue weighted by Crippen LogP contribution is -1.98. The molecule has 1 aliphatic carbocycles. The van der Waals surface area contributed by atoms with E-state index < -0.39 is 0 Å². The van der Waals surface area contributed by atoms with Crippen LogP contribution in [0.2, 0.25) is 0 Å². The van der Waals surface area contributed by atoms with Gasteiger partial charge in [0.15, 0.2) is 17.0 Å². The summed E-state index contributed by atoms with van der Waals surface area (Å²) in [7, 11) is 0. The predicted molar refractivity (Wildman–Crippen MR) is 85.3 cm³/mol. The third kappa shape index (κ3) is 2.72. The van der Waals surface area contributed by atoms with Crippen LogP contribution >= 0.6 is 0 Å². The number of fused-ring (bicyclic) bond motifs is 2. The summed E-state index contributed by atoms with van der Waals surface area (Å²) >= 11 is 0. The van der Waals surface area contributed by atoms with E-state index in [0.717, 1.165) is 5.56 Å². The first-order valence-electron chi connectivity index (χ1n) is 7.13. The smallest absolute Gasteiger partial charge is 0.232 e. The molecule has 1 aliphatic heterocycles. The molecule has 0 atom stereocenters. The zero-order valence-corrected chi connectivity index (χ0v) is 12.1. The van der Waals surface area contributed by atoms with Crippen molar-refractivity contribution in [3.05, 3.63) is 82.5 Å². The molecule has 110 valence electrons. The van der Waals surface area contributed by atoms with Gasteiger partial charge in [-0.3, -0.25) is 4.79 Å². The molecule has 0 N–H and O–H groups in total. The van der Waals surface area contributed by atoms with E-state index in [4.69, 9.17) is 9.15 Å². The SMILES string of the molecule is O=c1c#cc2nc3ccc(OCc4ccccc4)cc3oc-2c1. The van der Waals surface area contributed by atoms with Crippen LogP contribution < -0.4 is 10.2 Å². The van der Waals surface area contributed by atoms with E-state index in [2.05, 4.69) is 17.1 Å². The Morgan fingerprint density at radius 2 is 1.91 bits per heavy atom.